The van der Waals surface area contributed by atoms with E-state index in [1.165, 1.54) is 0 Å². The summed E-state index contributed by atoms with van der Waals surface area (Å²) in [5.41, 5.74) is 4.08. The van der Waals surface area contributed by atoms with Gasteiger partial charge >= 0.3 is 5.69 Å². The van der Waals surface area contributed by atoms with Crippen LogP contribution < -0.4 is 10.4 Å². The fourth-order valence-corrected chi connectivity index (χ4v) is 2.13. The van der Waals surface area contributed by atoms with Crippen molar-refractivity contribution in [2.24, 2.45) is 0 Å². The first-order valence-corrected chi connectivity index (χ1v) is 5.75. The molecule has 1 aromatic heterocycles. The minimum Gasteiger partial charge on any atom is -0.496 e. The second-order valence-corrected chi connectivity index (χ2v) is 4.42. The lowest BCUT2D eigenvalue weighted by Gasteiger charge is -2.12. The van der Waals surface area contributed by atoms with Crippen molar-refractivity contribution >= 4 is 0 Å². The van der Waals surface area contributed by atoms with Crippen LogP contribution in [-0.4, -0.2) is 17.1 Å². The van der Waals surface area contributed by atoms with Crippen LogP contribution in [0.25, 0.3) is 11.3 Å². The van der Waals surface area contributed by atoms with E-state index in [4.69, 9.17) is 4.74 Å². The number of hydrogen-bond donors (Lipinski definition) is 1. The Hall–Kier alpha value is -2.10. The number of aromatic amines is 1. The van der Waals surface area contributed by atoms with E-state index < -0.39 is 0 Å². The minimum atomic E-state index is -0.341. The van der Waals surface area contributed by atoms with E-state index in [0.29, 0.717) is 5.69 Å². The highest BCUT2D eigenvalue weighted by atomic mass is 16.5. The maximum absolute atomic E-state index is 11.4. The van der Waals surface area contributed by atoms with Crippen molar-refractivity contribution in [2.75, 3.05) is 7.11 Å². The second kappa shape index (κ2) is 4.64. The lowest BCUT2D eigenvalue weighted by molar-refractivity contribution is 0.413. The first kappa shape index (κ1) is 12.4. The molecule has 0 atom stereocenters. The van der Waals surface area contributed by atoms with E-state index in [0.717, 1.165) is 28.1 Å². The second-order valence-electron chi connectivity index (χ2n) is 4.42. The van der Waals surface area contributed by atoms with Gasteiger partial charge in [0, 0.05) is 11.3 Å². The van der Waals surface area contributed by atoms with Crippen LogP contribution in [0.2, 0.25) is 0 Å². The van der Waals surface area contributed by atoms with E-state index in [-0.39, 0.29) is 5.69 Å². The number of hydrogen-bond acceptors (Lipinski definition) is 3. The van der Waals surface area contributed by atoms with Gasteiger partial charge in [0.25, 0.3) is 0 Å². The Morgan fingerprint density at radius 1 is 1.17 bits per heavy atom. The number of benzene rings is 1. The van der Waals surface area contributed by atoms with Crippen molar-refractivity contribution in [3.05, 3.63) is 45.5 Å². The summed E-state index contributed by atoms with van der Waals surface area (Å²) in [6.07, 6.45) is 0. The van der Waals surface area contributed by atoms with Gasteiger partial charge in [0.1, 0.15) is 5.75 Å². The van der Waals surface area contributed by atoms with Crippen LogP contribution in [0.15, 0.2) is 23.0 Å². The molecule has 0 saturated heterocycles. The van der Waals surface area contributed by atoms with Crippen LogP contribution >= 0.6 is 0 Å². The summed E-state index contributed by atoms with van der Waals surface area (Å²) < 4.78 is 5.41. The molecule has 0 aliphatic heterocycles. The Kier molecular flexibility index (Phi) is 3.19. The predicted octanol–water partition coefficient (Wildman–Crippen LogP) is 2.37. The van der Waals surface area contributed by atoms with Crippen molar-refractivity contribution < 1.29 is 4.74 Å². The Balaban J connectivity index is 2.73. The van der Waals surface area contributed by atoms with E-state index in [2.05, 4.69) is 9.97 Å². The Morgan fingerprint density at radius 3 is 2.50 bits per heavy atom. The van der Waals surface area contributed by atoms with E-state index in [1.54, 1.807) is 7.11 Å². The average Bonchev–Trinajstić information content (AvgIpc) is 2.26. The van der Waals surface area contributed by atoms with Gasteiger partial charge in [-0.1, -0.05) is 6.07 Å². The molecule has 18 heavy (non-hydrogen) atoms. The molecule has 1 aromatic carbocycles. The third kappa shape index (κ3) is 2.27. The lowest BCUT2D eigenvalue weighted by Crippen LogP contribution is -2.12. The zero-order valence-corrected chi connectivity index (χ0v) is 11.0. The predicted molar refractivity (Wildman–Crippen MR) is 71.1 cm³/mol. The summed E-state index contributed by atoms with van der Waals surface area (Å²) in [5, 5.41) is 0. The standard InChI is InChI=1S/C14H16N2O2/c1-8-5-9(2)13(18-4)11(6-8)12-7-10(3)15-14(17)16-12/h5-7H,1-4H3,(H,15,16,17). The Labute approximate surface area is 106 Å². The van der Waals surface area contributed by atoms with Crippen molar-refractivity contribution in [3.8, 4) is 17.0 Å². The number of aromatic nitrogens is 2. The fourth-order valence-electron chi connectivity index (χ4n) is 2.13. The first-order chi connectivity index (χ1) is 8.51. The van der Waals surface area contributed by atoms with E-state index in [1.807, 2.05) is 39.0 Å². The van der Waals surface area contributed by atoms with Gasteiger partial charge in [-0.05, 0) is 44.0 Å². The maximum atomic E-state index is 11.4. The van der Waals surface area contributed by atoms with E-state index in [9.17, 15) is 4.79 Å². The van der Waals surface area contributed by atoms with Crippen LogP contribution in [0, 0.1) is 20.8 Å². The van der Waals surface area contributed by atoms with Crippen LogP contribution in [0.4, 0.5) is 0 Å². The number of nitrogens with zero attached hydrogens (tertiary/aromatic N) is 1. The van der Waals surface area contributed by atoms with Gasteiger partial charge < -0.3 is 9.72 Å². The molecule has 4 heteroatoms. The molecule has 1 heterocycles. The highest BCUT2D eigenvalue weighted by Gasteiger charge is 2.11. The summed E-state index contributed by atoms with van der Waals surface area (Å²) in [4.78, 5) is 18.1. The van der Waals surface area contributed by atoms with Crippen molar-refractivity contribution in [2.45, 2.75) is 20.8 Å². The van der Waals surface area contributed by atoms with Gasteiger partial charge in [-0.15, -0.1) is 0 Å². The van der Waals surface area contributed by atoms with Gasteiger partial charge in [-0.2, -0.15) is 4.98 Å². The van der Waals surface area contributed by atoms with Crippen LogP contribution in [-0.2, 0) is 0 Å². The number of ether oxygens (including phenoxy) is 1. The molecule has 1 N–H and O–H groups in total. The van der Waals surface area contributed by atoms with Crippen molar-refractivity contribution in [3.63, 3.8) is 0 Å². The number of rotatable bonds is 2. The number of nitrogens with one attached hydrogen (secondary N) is 1. The molecule has 94 valence electrons. The van der Waals surface area contributed by atoms with Gasteiger partial charge in [0.05, 0.1) is 12.8 Å². The SMILES string of the molecule is COc1c(C)cc(C)cc1-c1cc(C)[nH]c(=O)n1. The third-order valence-electron chi connectivity index (χ3n) is 2.78. The molecule has 0 radical (unpaired) electrons. The number of aryl methyl sites for hydroxylation is 3. The molecular formula is C14H16N2O2. The Morgan fingerprint density at radius 2 is 1.89 bits per heavy atom. The molecule has 4 nitrogen and oxygen atoms in total. The van der Waals surface area contributed by atoms with Gasteiger partial charge in [-0.3, -0.25) is 0 Å². The first-order valence-electron chi connectivity index (χ1n) is 5.75. The van der Waals surface area contributed by atoms with Gasteiger partial charge in [0.2, 0.25) is 0 Å². The van der Waals surface area contributed by atoms with Gasteiger partial charge in [0.15, 0.2) is 0 Å². The average molecular weight is 244 g/mol. The van der Waals surface area contributed by atoms with Crippen molar-refractivity contribution in [1.82, 2.24) is 9.97 Å². The normalized spacial score (nSPS) is 10.4. The number of methoxy groups -OCH3 is 1. The van der Waals surface area contributed by atoms with Crippen LogP contribution in [0.5, 0.6) is 5.75 Å². The fraction of sp³-hybridized carbons (Fsp3) is 0.286. The lowest BCUT2D eigenvalue weighted by atomic mass is 10.0. The zero-order chi connectivity index (χ0) is 13.3. The third-order valence-corrected chi connectivity index (χ3v) is 2.78. The summed E-state index contributed by atoms with van der Waals surface area (Å²) in [7, 11) is 1.63. The molecule has 2 aromatic rings. The molecule has 0 fully saturated rings. The molecule has 2 rings (SSSR count). The smallest absolute Gasteiger partial charge is 0.345 e. The van der Waals surface area contributed by atoms with Crippen LogP contribution in [0.1, 0.15) is 16.8 Å². The minimum absolute atomic E-state index is 0.341. The topological polar surface area (TPSA) is 55.0 Å². The molecule has 0 spiro atoms. The van der Waals surface area contributed by atoms with Crippen molar-refractivity contribution in [1.29, 1.82) is 0 Å². The highest BCUT2D eigenvalue weighted by molar-refractivity contribution is 5.70. The molecule has 0 saturated carbocycles. The Bertz CT molecular complexity index is 645. The molecule has 0 bridgehead atoms. The summed E-state index contributed by atoms with van der Waals surface area (Å²) in [6.45, 7) is 5.83. The highest BCUT2D eigenvalue weighted by Crippen LogP contribution is 2.32. The van der Waals surface area contributed by atoms with Gasteiger partial charge in [-0.25, -0.2) is 4.79 Å². The summed E-state index contributed by atoms with van der Waals surface area (Å²) >= 11 is 0. The largest absolute Gasteiger partial charge is 0.496 e. The maximum Gasteiger partial charge on any atom is 0.345 e. The summed E-state index contributed by atoms with van der Waals surface area (Å²) in [5.74, 6) is 0.762. The summed E-state index contributed by atoms with van der Waals surface area (Å²) in [6, 6.07) is 5.87. The monoisotopic (exact) mass is 244 g/mol. The number of H-pyrrole nitrogens is 1. The molecule has 0 aliphatic carbocycles. The molecule has 0 amide bonds. The molecule has 0 aliphatic rings. The van der Waals surface area contributed by atoms with Crippen LogP contribution in [0.3, 0.4) is 0 Å². The van der Waals surface area contributed by atoms with E-state index >= 15 is 0 Å². The zero-order valence-electron chi connectivity index (χ0n) is 11.0. The molecule has 0 unspecified atom stereocenters. The quantitative estimate of drug-likeness (QED) is 0.882. The molecular weight excluding hydrogens is 228 g/mol.